The molecule has 0 saturated carbocycles. The Morgan fingerprint density at radius 2 is 1.00 bits per heavy atom. The average Bonchev–Trinajstić information content (AvgIpc) is 3.53. The van der Waals surface area contributed by atoms with E-state index in [1.807, 2.05) is 13.8 Å². The van der Waals surface area contributed by atoms with E-state index >= 15 is 0 Å². The summed E-state index contributed by atoms with van der Waals surface area (Å²) in [5.74, 6) is 1.77. The van der Waals surface area contributed by atoms with Crippen LogP contribution in [0.1, 0.15) is 180 Å². The van der Waals surface area contributed by atoms with Crippen LogP contribution in [0.25, 0.3) is 0 Å². The molecule has 3 atom stereocenters. The van der Waals surface area contributed by atoms with Crippen molar-refractivity contribution in [2.45, 2.75) is 187 Å². The predicted molar refractivity (Wildman–Crippen MR) is 312 cm³/mol. The summed E-state index contributed by atoms with van der Waals surface area (Å²) < 4.78 is 6.22. The highest BCUT2D eigenvalue weighted by atomic mass is 16.5. The van der Waals surface area contributed by atoms with Crippen molar-refractivity contribution in [2.75, 3.05) is 0 Å². The molecule has 0 N–H and O–H groups in total. The Kier molecular flexibility index (Phi) is 21.8. The third-order valence-corrected chi connectivity index (χ3v) is 15.2. The van der Waals surface area contributed by atoms with Crippen LogP contribution in [0.2, 0.25) is 0 Å². The van der Waals surface area contributed by atoms with Crippen LogP contribution >= 0.6 is 0 Å². The van der Waals surface area contributed by atoms with Crippen molar-refractivity contribution < 1.29 is 4.74 Å². The molecule has 378 valence electrons. The van der Waals surface area contributed by atoms with E-state index in [1.165, 1.54) is 107 Å². The van der Waals surface area contributed by atoms with Crippen molar-refractivity contribution in [3.8, 4) is 5.75 Å². The third kappa shape index (κ3) is 15.7. The van der Waals surface area contributed by atoms with E-state index in [4.69, 9.17) is 4.74 Å². The van der Waals surface area contributed by atoms with E-state index in [-0.39, 0.29) is 16.9 Å². The zero-order valence-corrected chi connectivity index (χ0v) is 47.9. The Bertz CT molecular complexity index is 2730. The van der Waals surface area contributed by atoms with Gasteiger partial charge in [0.05, 0.1) is 0 Å². The van der Waals surface area contributed by atoms with Gasteiger partial charge in [0.15, 0.2) is 0 Å². The number of benzene rings is 7. The number of ether oxygens (including phenoxy) is 1. The first kappa shape index (κ1) is 57.9. The Morgan fingerprint density at radius 1 is 0.493 bits per heavy atom. The van der Waals surface area contributed by atoms with Crippen LogP contribution < -0.4 is 4.74 Å². The largest absolute Gasteiger partial charge is 0.485 e. The van der Waals surface area contributed by atoms with Crippen molar-refractivity contribution >= 4 is 0 Å². The van der Waals surface area contributed by atoms with Gasteiger partial charge in [-0.2, -0.15) is 0 Å². The Labute approximate surface area is 434 Å². The van der Waals surface area contributed by atoms with E-state index in [0.717, 1.165) is 31.4 Å². The second kappa shape index (κ2) is 26.7. The highest BCUT2D eigenvalue weighted by Crippen LogP contribution is 2.54. The SMILES string of the molecule is CC.CCC(C)c1ccc(C)cc1.CCc1cccc(C)c1.Cc1ccc(C)cc1.Cc1ccc(C2(C)Cc3cc(C)c(C)cc3C2(C)C)c(C)c1.Cc1ccc(C2CCc3ccc(C)cc3O2)c(C)c1. The molecule has 1 heterocycles. The molecule has 0 spiro atoms. The lowest BCUT2D eigenvalue weighted by Gasteiger charge is -2.41. The summed E-state index contributed by atoms with van der Waals surface area (Å²) >= 11 is 0. The van der Waals surface area contributed by atoms with Gasteiger partial charge in [0.25, 0.3) is 0 Å². The fraction of sp³-hybridized carbons (Fsp3) is 0.400. The zero-order valence-electron chi connectivity index (χ0n) is 47.9. The maximum Gasteiger partial charge on any atom is 0.124 e. The van der Waals surface area contributed by atoms with Crippen molar-refractivity contribution in [2.24, 2.45) is 0 Å². The molecule has 0 radical (unpaired) electrons. The predicted octanol–water partition coefficient (Wildman–Crippen LogP) is 19.8. The fourth-order valence-electron chi connectivity index (χ4n) is 9.95. The summed E-state index contributed by atoms with van der Waals surface area (Å²) in [6.45, 7) is 41.8. The third-order valence-electron chi connectivity index (χ3n) is 15.2. The summed E-state index contributed by atoms with van der Waals surface area (Å²) in [7, 11) is 0. The van der Waals surface area contributed by atoms with E-state index in [0.29, 0.717) is 5.92 Å². The number of hydrogen-bond donors (Lipinski definition) is 0. The van der Waals surface area contributed by atoms with Gasteiger partial charge >= 0.3 is 0 Å². The topological polar surface area (TPSA) is 9.23 Å². The standard InChI is InChI=1S/C22H28.C18H20O.C11H16.C9H12.C8H10.C2H6/c1-14-8-9-19(17(4)10-14)22(7)13-18-11-15(2)16(3)12-20(18)21(22,5)6;1-12-5-8-16(14(3)10-12)17-9-7-15-6-4-13(2)11-18(15)19-17;1-4-10(3)11-7-5-9(2)6-8-11;1-3-9-6-4-5-8(2)7-9;1-7-3-5-8(2)6-4-7;1-2/h8-12H,13H2,1-7H3;4-6,8,10-11,17H,7,9H2,1-3H3;5-8,10H,4H2,1-3H3;4-7H,3H2,1-2H3;3-6H,1-2H3;1-2H3. The smallest absolute Gasteiger partial charge is 0.124 e. The minimum atomic E-state index is 0.154. The molecule has 0 amide bonds. The van der Waals surface area contributed by atoms with Crippen LogP contribution in [0.4, 0.5) is 0 Å². The summed E-state index contributed by atoms with van der Waals surface area (Å²) in [4.78, 5) is 0. The molecule has 0 fully saturated rings. The molecule has 2 aliphatic rings. The van der Waals surface area contributed by atoms with Gasteiger partial charge < -0.3 is 4.74 Å². The van der Waals surface area contributed by atoms with Crippen LogP contribution in [0.15, 0.2) is 140 Å². The maximum absolute atomic E-state index is 6.22. The van der Waals surface area contributed by atoms with Crippen LogP contribution in [0.5, 0.6) is 5.75 Å². The van der Waals surface area contributed by atoms with E-state index < -0.39 is 0 Å². The molecule has 3 unspecified atom stereocenters. The van der Waals surface area contributed by atoms with Gasteiger partial charge in [-0.3, -0.25) is 0 Å². The van der Waals surface area contributed by atoms with Crippen LogP contribution in [0.3, 0.4) is 0 Å². The van der Waals surface area contributed by atoms with E-state index in [9.17, 15) is 0 Å². The quantitative estimate of drug-likeness (QED) is 0.167. The minimum absolute atomic E-state index is 0.154. The molecule has 1 aliphatic carbocycles. The summed E-state index contributed by atoms with van der Waals surface area (Å²) in [5.41, 5.74) is 25.3. The lowest BCUT2D eigenvalue weighted by atomic mass is 9.62. The highest BCUT2D eigenvalue weighted by Gasteiger charge is 2.50. The van der Waals surface area contributed by atoms with Crippen molar-refractivity contribution in [1.29, 1.82) is 0 Å². The molecule has 7 aromatic carbocycles. The summed E-state index contributed by atoms with van der Waals surface area (Å²) in [6.07, 6.45) is 5.88. The van der Waals surface area contributed by atoms with Crippen molar-refractivity contribution in [3.63, 3.8) is 0 Å². The molecule has 1 nitrogen and oxygen atoms in total. The first-order valence-corrected chi connectivity index (χ1v) is 26.8. The number of rotatable bonds is 5. The van der Waals surface area contributed by atoms with Gasteiger partial charge in [-0.05, 0) is 192 Å². The molecule has 1 heteroatoms. The van der Waals surface area contributed by atoms with Crippen molar-refractivity contribution in [1.82, 2.24) is 0 Å². The molecular weight excluding hydrogens is 857 g/mol. The molecule has 9 rings (SSSR count). The van der Waals surface area contributed by atoms with Crippen LogP contribution in [0, 0.1) is 76.2 Å². The van der Waals surface area contributed by atoms with Gasteiger partial charge in [0.1, 0.15) is 11.9 Å². The molecular formula is C70H92O. The lowest BCUT2D eigenvalue weighted by Crippen LogP contribution is -2.40. The van der Waals surface area contributed by atoms with E-state index in [1.54, 1.807) is 0 Å². The number of aryl methyl sites for hydroxylation is 13. The van der Waals surface area contributed by atoms with Gasteiger partial charge in [-0.25, -0.2) is 0 Å². The van der Waals surface area contributed by atoms with E-state index in [2.05, 4.69) is 257 Å². The Morgan fingerprint density at radius 3 is 1.54 bits per heavy atom. The first-order chi connectivity index (χ1) is 33.6. The summed E-state index contributed by atoms with van der Waals surface area (Å²) in [6, 6.07) is 50.9. The minimum Gasteiger partial charge on any atom is -0.485 e. The molecule has 0 bridgehead atoms. The first-order valence-electron chi connectivity index (χ1n) is 26.8. The van der Waals surface area contributed by atoms with Gasteiger partial charge in [0.2, 0.25) is 0 Å². The zero-order chi connectivity index (χ0) is 52.6. The van der Waals surface area contributed by atoms with Crippen LogP contribution in [-0.2, 0) is 30.1 Å². The molecule has 71 heavy (non-hydrogen) atoms. The highest BCUT2D eigenvalue weighted by molar-refractivity contribution is 5.54. The Hall–Kier alpha value is -5.66. The van der Waals surface area contributed by atoms with Gasteiger partial charge in [-0.1, -0.05) is 222 Å². The van der Waals surface area contributed by atoms with Gasteiger partial charge in [0, 0.05) is 5.41 Å². The maximum atomic E-state index is 6.22. The van der Waals surface area contributed by atoms with Gasteiger partial charge in [-0.15, -0.1) is 0 Å². The van der Waals surface area contributed by atoms with Crippen LogP contribution in [-0.4, -0.2) is 0 Å². The molecule has 0 aromatic heterocycles. The second-order valence-electron chi connectivity index (χ2n) is 21.4. The lowest BCUT2D eigenvalue weighted by molar-refractivity contribution is 0.176. The molecule has 7 aromatic rings. The summed E-state index contributed by atoms with van der Waals surface area (Å²) in [5, 5.41) is 0. The monoisotopic (exact) mass is 949 g/mol. The second-order valence-corrected chi connectivity index (χ2v) is 21.4. The molecule has 0 saturated heterocycles. The molecule has 1 aliphatic heterocycles. The average molecular weight is 950 g/mol. The number of hydrogen-bond acceptors (Lipinski definition) is 1. The Balaban J connectivity index is 0.000000202. The fourth-order valence-corrected chi connectivity index (χ4v) is 9.95. The van der Waals surface area contributed by atoms with Crippen molar-refractivity contribution in [3.05, 3.63) is 240 Å². The number of fused-ring (bicyclic) bond motifs is 2. The normalized spacial score (nSPS) is 16.1.